The summed E-state index contributed by atoms with van der Waals surface area (Å²) in [5.41, 5.74) is 0. The van der Waals surface area contributed by atoms with Crippen molar-refractivity contribution in [3.8, 4) is 0 Å². The number of oxazole rings is 1. The Balaban J connectivity index is 2.19. The number of hydrogen-bond acceptors (Lipinski definition) is 4. The number of aromatic nitrogens is 1. The lowest BCUT2D eigenvalue weighted by atomic mass is 10.5. The second-order valence-corrected chi connectivity index (χ2v) is 2.10. The minimum absolute atomic E-state index is 0.580. The van der Waals surface area contributed by atoms with E-state index < -0.39 is 0 Å². The zero-order valence-electron chi connectivity index (χ0n) is 5.84. The molecule has 0 amide bonds. The Morgan fingerprint density at radius 2 is 2.55 bits per heavy atom. The van der Waals surface area contributed by atoms with Crippen molar-refractivity contribution in [2.75, 3.05) is 11.6 Å². The fraction of sp³-hybridized carbons (Fsp3) is 0.143. The predicted molar refractivity (Wildman–Crippen MR) is 41.5 cm³/mol. The third-order valence-corrected chi connectivity index (χ3v) is 1.36. The molecule has 1 aliphatic heterocycles. The number of anilines is 1. The van der Waals surface area contributed by atoms with Crippen molar-refractivity contribution in [2.45, 2.75) is 0 Å². The van der Waals surface area contributed by atoms with Gasteiger partial charge in [-0.2, -0.15) is 0 Å². The van der Waals surface area contributed by atoms with Crippen LogP contribution in [0.5, 0.6) is 0 Å². The fourth-order valence-electron chi connectivity index (χ4n) is 0.868. The van der Waals surface area contributed by atoms with E-state index in [4.69, 9.17) is 4.42 Å². The first kappa shape index (κ1) is 6.15. The van der Waals surface area contributed by atoms with Gasteiger partial charge >= 0.3 is 6.01 Å². The summed E-state index contributed by atoms with van der Waals surface area (Å²) in [5, 5.41) is 0. The molecule has 0 radical (unpaired) electrons. The molecule has 0 aromatic carbocycles. The van der Waals surface area contributed by atoms with Crippen molar-refractivity contribution in [1.82, 2.24) is 4.98 Å². The van der Waals surface area contributed by atoms with E-state index in [1.807, 2.05) is 17.2 Å². The van der Waals surface area contributed by atoms with Crippen molar-refractivity contribution in [3.05, 3.63) is 24.7 Å². The summed E-state index contributed by atoms with van der Waals surface area (Å²) >= 11 is 0. The normalized spacial score (nSPS) is 15.8. The first-order chi connectivity index (χ1) is 5.47. The quantitative estimate of drug-likeness (QED) is 0.599. The maximum absolute atomic E-state index is 5.06. The van der Waals surface area contributed by atoms with E-state index in [9.17, 15) is 0 Å². The molecule has 0 unspecified atom stereocenters. The Morgan fingerprint density at radius 1 is 1.55 bits per heavy atom. The van der Waals surface area contributed by atoms with Gasteiger partial charge in [0.2, 0.25) is 0 Å². The van der Waals surface area contributed by atoms with Crippen molar-refractivity contribution in [3.63, 3.8) is 0 Å². The molecular weight excluding hydrogens is 142 g/mol. The molecule has 0 fully saturated rings. The molecule has 0 aliphatic carbocycles. The Labute approximate surface area is 63.9 Å². The van der Waals surface area contributed by atoms with E-state index in [1.165, 1.54) is 0 Å². The van der Waals surface area contributed by atoms with Gasteiger partial charge in [0.05, 0.1) is 6.20 Å². The van der Waals surface area contributed by atoms with Crippen LogP contribution in [0.15, 0.2) is 34.1 Å². The van der Waals surface area contributed by atoms with Crippen LogP contribution in [0, 0.1) is 0 Å². The maximum Gasteiger partial charge on any atom is 0.302 e. The van der Waals surface area contributed by atoms with Crippen LogP contribution in [0.1, 0.15) is 0 Å². The van der Waals surface area contributed by atoms with Gasteiger partial charge in [-0.05, 0) is 6.08 Å². The van der Waals surface area contributed by atoms with Crippen LogP contribution in [0.4, 0.5) is 6.01 Å². The summed E-state index contributed by atoms with van der Waals surface area (Å²) in [5.74, 6) is 0. The van der Waals surface area contributed by atoms with Gasteiger partial charge in [-0.3, -0.25) is 9.89 Å². The van der Waals surface area contributed by atoms with Crippen LogP contribution in [-0.2, 0) is 0 Å². The monoisotopic (exact) mass is 149 g/mol. The average Bonchev–Trinajstić information content (AvgIpc) is 2.58. The van der Waals surface area contributed by atoms with Crippen LogP contribution in [0.2, 0.25) is 0 Å². The van der Waals surface area contributed by atoms with Crippen molar-refractivity contribution >= 4 is 12.2 Å². The van der Waals surface area contributed by atoms with E-state index >= 15 is 0 Å². The molecule has 0 spiro atoms. The number of allylic oxidation sites excluding steroid dienone is 1. The molecule has 0 atom stereocenters. The molecule has 2 heterocycles. The fourth-order valence-corrected chi connectivity index (χ4v) is 0.868. The standard InChI is InChI=1S/C7H7N3O/c1-2-8-6-10(4-1)7-9-3-5-11-7/h1-5H,6H2. The van der Waals surface area contributed by atoms with Gasteiger partial charge in [0.1, 0.15) is 12.9 Å². The highest BCUT2D eigenvalue weighted by Crippen LogP contribution is 2.11. The zero-order valence-corrected chi connectivity index (χ0v) is 5.84. The zero-order chi connectivity index (χ0) is 7.52. The Hall–Kier alpha value is -1.58. The van der Waals surface area contributed by atoms with Crippen molar-refractivity contribution in [1.29, 1.82) is 0 Å². The molecule has 0 saturated heterocycles. The van der Waals surface area contributed by atoms with Crippen molar-refractivity contribution in [2.24, 2.45) is 4.99 Å². The van der Waals surface area contributed by atoms with Crippen LogP contribution in [0.3, 0.4) is 0 Å². The van der Waals surface area contributed by atoms with Gasteiger partial charge < -0.3 is 4.42 Å². The molecule has 4 heteroatoms. The summed E-state index contributed by atoms with van der Waals surface area (Å²) in [7, 11) is 0. The van der Waals surface area contributed by atoms with E-state index in [0.717, 1.165) is 0 Å². The first-order valence-electron chi connectivity index (χ1n) is 3.29. The molecule has 1 aromatic rings. The Bertz CT molecular complexity index is 276. The van der Waals surface area contributed by atoms with Gasteiger partial charge in [-0.1, -0.05) is 0 Å². The molecule has 11 heavy (non-hydrogen) atoms. The van der Waals surface area contributed by atoms with Gasteiger partial charge in [0.25, 0.3) is 0 Å². The van der Waals surface area contributed by atoms with Crippen LogP contribution < -0.4 is 4.90 Å². The van der Waals surface area contributed by atoms with Gasteiger partial charge in [0, 0.05) is 12.4 Å². The second kappa shape index (κ2) is 2.57. The van der Waals surface area contributed by atoms with Crippen LogP contribution >= 0.6 is 0 Å². The smallest absolute Gasteiger partial charge is 0.302 e. The van der Waals surface area contributed by atoms with E-state index in [1.54, 1.807) is 18.7 Å². The molecule has 56 valence electrons. The largest absolute Gasteiger partial charge is 0.432 e. The first-order valence-corrected chi connectivity index (χ1v) is 3.29. The third-order valence-electron chi connectivity index (χ3n) is 1.36. The Morgan fingerprint density at radius 3 is 3.18 bits per heavy atom. The molecule has 0 bridgehead atoms. The summed E-state index contributed by atoms with van der Waals surface area (Å²) in [6, 6.07) is 0.582. The number of rotatable bonds is 1. The van der Waals surface area contributed by atoms with Gasteiger partial charge in [-0.15, -0.1) is 0 Å². The molecule has 0 saturated carbocycles. The minimum atomic E-state index is 0.580. The summed E-state index contributed by atoms with van der Waals surface area (Å²) in [6.45, 7) is 0.580. The second-order valence-electron chi connectivity index (χ2n) is 2.10. The Kier molecular flexibility index (Phi) is 1.44. The highest BCUT2D eigenvalue weighted by atomic mass is 16.4. The number of aliphatic imine (C=N–C) groups is 1. The molecule has 0 N–H and O–H groups in total. The molecule has 4 nitrogen and oxygen atoms in total. The topological polar surface area (TPSA) is 41.6 Å². The molecular formula is C7H7N3O. The predicted octanol–water partition coefficient (Wildman–Crippen LogP) is 1.04. The summed E-state index contributed by atoms with van der Waals surface area (Å²) in [4.78, 5) is 9.82. The SMILES string of the molecule is C1=CN(c2ncco2)CN=C1. The molecule has 2 rings (SSSR count). The highest BCUT2D eigenvalue weighted by Gasteiger charge is 2.06. The summed E-state index contributed by atoms with van der Waals surface area (Å²) < 4.78 is 5.06. The average molecular weight is 149 g/mol. The number of nitrogens with zero attached hydrogens (tertiary/aromatic N) is 3. The molecule has 1 aromatic heterocycles. The van der Waals surface area contributed by atoms with E-state index in [0.29, 0.717) is 12.7 Å². The van der Waals surface area contributed by atoms with Crippen LogP contribution in [0.25, 0.3) is 0 Å². The van der Waals surface area contributed by atoms with Gasteiger partial charge in [0.15, 0.2) is 0 Å². The third kappa shape index (κ3) is 1.14. The van der Waals surface area contributed by atoms with Crippen molar-refractivity contribution < 1.29 is 4.42 Å². The lowest BCUT2D eigenvalue weighted by Gasteiger charge is -2.13. The highest BCUT2D eigenvalue weighted by molar-refractivity contribution is 5.73. The van der Waals surface area contributed by atoms with E-state index in [2.05, 4.69) is 9.98 Å². The van der Waals surface area contributed by atoms with Crippen LogP contribution in [-0.4, -0.2) is 17.9 Å². The summed E-state index contributed by atoms with van der Waals surface area (Å²) in [6.07, 6.45) is 8.62. The molecule has 1 aliphatic rings. The van der Waals surface area contributed by atoms with Gasteiger partial charge in [-0.25, -0.2) is 4.98 Å². The lowest BCUT2D eigenvalue weighted by molar-refractivity contribution is 0.552. The lowest BCUT2D eigenvalue weighted by Crippen LogP contribution is -2.18. The van der Waals surface area contributed by atoms with E-state index in [-0.39, 0.29) is 0 Å². The maximum atomic E-state index is 5.06. The number of hydrogen-bond donors (Lipinski definition) is 0. The minimum Gasteiger partial charge on any atom is -0.432 e.